The third-order valence-electron chi connectivity index (χ3n) is 4.20. The van der Waals surface area contributed by atoms with E-state index in [-0.39, 0.29) is 12.5 Å². The lowest BCUT2D eigenvalue weighted by Crippen LogP contribution is -2.38. The molecule has 0 saturated heterocycles. The quantitative estimate of drug-likeness (QED) is 0.889. The summed E-state index contributed by atoms with van der Waals surface area (Å²) in [4.78, 5) is 12.5. The molecule has 5 nitrogen and oxygen atoms in total. The Hall–Kier alpha value is -2.34. The number of carbonyl (C=O) groups excluding carboxylic acids is 1. The summed E-state index contributed by atoms with van der Waals surface area (Å²) in [6.45, 7) is 7.33. The van der Waals surface area contributed by atoms with E-state index in [1.54, 1.807) is 6.07 Å². The van der Waals surface area contributed by atoms with Crippen LogP contribution in [0.1, 0.15) is 22.3 Å². The van der Waals surface area contributed by atoms with Crippen LogP contribution in [0.2, 0.25) is 0 Å². The lowest BCUT2D eigenvalue weighted by molar-refractivity contribution is -0.114. The van der Waals surface area contributed by atoms with Crippen LogP contribution in [0.15, 0.2) is 36.4 Å². The molecule has 0 saturated carbocycles. The monoisotopic (exact) mass is 360 g/mol. The third-order valence-corrected chi connectivity index (χ3v) is 5.33. The van der Waals surface area contributed by atoms with Gasteiger partial charge in [0.05, 0.1) is 11.9 Å². The first kappa shape index (κ1) is 19.0. The van der Waals surface area contributed by atoms with Crippen LogP contribution in [0.5, 0.6) is 0 Å². The standard InChI is InChI=1S/C19H24N2O3S/c1-13-9-10-15(3)18(11-13)21(25(5,23)24)12-19(22)20-17-8-6-7-14(2)16(17)4/h6-11H,12H2,1-5H3,(H,20,22). The first-order chi connectivity index (χ1) is 11.6. The lowest BCUT2D eigenvalue weighted by atomic mass is 10.1. The number of nitrogens with one attached hydrogen (secondary N) is 1. The molecule has 25 heavy (non-hydrogen) atoms. The molecule has 0 bridgehead atoms. The first-order valence-electron chi connectivity index (χ1n) is 8.00. The highest BCUT2D eigenvalue weighted by Gasteiger charge is 2.22. The third kappa shape index (κ3) is 4.60. The molecular weight excluding hydrogens is 336 g/mol. The number of carbonyl (C=O) groups is 1. The maximum atomic E-state index is 12.5. The summed E-state index contributed by atoms with van der Waals surface area (Å²) in [5, 5.41) is 2.81. The Kier molecular flexibility index (Phi) is 5.52. The van der Waals surface area contributed by atoms with Crippen LogP contribution in [0.4, 0.5) is 11.4 Å². The molecule has 2 aromatic carbocycles. The predicted octanol–water partition coefficient (Wildman–Crippen LogP) is 3.32. The van der Waals surface area contributed by atoms with Crippen molar-refractivity contribution in [2.75, 3.05) is 22.4 Å². The van der Waals surface area contributed by atoms with Crippen LogP contribution in [-0.2, 0) is 14.8 Å². The van der Waals surface area contributed by atoms with Crippen molar-refractivity contribution in [1.29, 1.82) is 0 Å². The van der Waals surface area contributed by atoms with E-state index in [2.05, 4.69) is 5.32 Å². The molecule has 2 rings (SSSR count). The maximum Gasteiger partial charge on any atom is 0.245 e. The average Bonchev–Trinajstić information content (AvgIpc) is 2.51. The van der Waals surface area contributed by atoms with Gasteiger partial charge in [-0.25, -0.2) is 8.42 Å². The second kappa shape index (κ2) is 7.27. The molecule has 0 aliphatic carbocycles. The molecule has 2 aromatic rings. The van der Waals surface area contributed by atoms with E-state index in [1.165, 1.54) is 0 Å². The number of sulfonamides is 1. The van der Waals surface area contributed by atoms with E-state index >= 15 is 0 Å². The Bertz CT molecular complexity index is 905. The molecule has 1 N–H and O–H groups in total. The molecule has 0 atom stereocenters. The minimum Gasteiger partial charge on any atom is -0.324 e. The fraction of sp³-hybridized carbons (Fsp3) is 0.316. The number of hydrogen-bond donors (Lipinski definition) is 1. The summed E-state index contributed by atoms with van der Waals surface area (Å²) in [6, 6.07) is 11.2. The second-order valence-corrected chi connectivity index (χ2v) is 8.26. The Balaban J connectivity index is 2.30. The van der Waals surface area contributed by atoms with E-state index in [1.807, 2.05) is 58.0 Å². The molecule has 6 heteroatoms. The average molecular weight is 360 g/mol. The summed E-state index contributed by atoms with van der Waals surface area (Å²) in [7, 11) is -3.59. The number of benzene rings is 2. The first-order valence-corrected chi connectivity index (χ1v) is 9.85. The molecule has 0 heterocycles. The van der Waals surface area contributed by atoms with Crippen molar-refractivity contribution >= 4 is 27.3 Å². The fourth-order valence-electron chi connectivity index (χ4n) is 2.58. The van der Waals surface area contributed by atoms with Gasteiger partial charge < -0.3 is 5.32 Å². The Morgan fingerprint density at radius 3 is 2.36 bits per heavy atom. The molecule has 0 radical (unpaired) electrons. The van der Waals surface area contributed by atoms with Gasteiger partial charge in [-0.2, -0.15) is 0 Å². The molecule has 0 fully saturated rings. The van der Waals surface area contributed by atoms with Gasteiger partial charge in [0.2, 0.25) is 15.9 Å². The molecule has 134 valence electrons. The topological polar surface area (TPSA) is 66.5 Å². The number of hydrogen-bond acceptors (Lipinski definition) is 3. The maximum absolute atomic E-state index is 12.5. The Morgan fingerprint density at radius 1 is 1.04 bits per heavy atom. The van der Waals surface area contributed by atoms with Crippen molar-refractivity contribution < 1.29 is 13.2 Å². The Labute approximate surface area is 149 Å². The van der Waals surface area contributed by atoms with Crippen molar-refractivity contribution in [2.45, 2.75) is 27.7 Å². The van der Waals surface area contributed by atoms with Crippen molar-refractivity contribution in [3.05, 3.63) is 58.7 Å². The molecular formula is C19H24N2O3S. The highest BCUT2D eigenvalue weighted by molar-refractivity contribution is 7.92. The van der Waals surface area contributed by atoms with Gasteiger partial charge in [-0.1, -0.05) is 24.3 Å². The molecule has 1 amide bonds. The van der Waals surface area contributed by atoms with Gasteiger partial charge in [-0.05, 0) is 62.1 Å². The SMILES string of the molecule is Cc1ccc(C)c(N(CC(=O)Nc2cccc(C)c2C)S(C)(=O)=O)c1. The molecule has 0 aliphatic heterocycles. The largest absolute Gasteiger partial charge is 0.324 e. The summed E-state index contributed by atoms with van der Waals surface area (Å²) in [6.07, 6.45) is 1.11. The van der Waals surface area contributed by atoms with Crippen LogP contribution in [-0.4, -0.2) is 27.1 Å². The van der Waals surface area contributed by atoms with E-state index in [0.29, 0.717) is 11.4 Å². The second-order valence-electron chi connectivity index (χ2n) is 6.36. The van der Waals surface area contributed by atoms with Gasteiger partial charge in [0, 0.05) is 5.69 Å². The van der Waals surface area contributed by atoms with Crippen LogP contribution in [0, 0.1) is 27.7 Å². The van der Waals surface area contributed by atoms with E-state index in [4.69, 9.17) is 0 Å². The van der Waals surface area contributed by atoms with Gasteiger partial charge in [0.25, 0.3) is 0 Å². The van der Waals surface area contributed by atoms with Crippen molar-refractivity contribution in [2.24, 2.45) is 0 Å². The van der Waals surface area contributed by atoms with Gasteiger partial charge in [-0.3, -0.25) is 9.10 Å². The van der Waals surface area contributed by atoms with Gasteiger partial charge >= 0.3 is 0 Å². The highest BCUT2D eigenvalue weighted by Crippen LogP contribution is 2.24. The summed E-state index contributed by atoms with van der Waals surface area (Å²) >= 11 is 0. The van der Waals surface area contributed by atoms with Crippen LogP contribution in [0.25, 0.3) is 0 Å². The van der Waals surface area contributed by atoms with Gasteiger partial charge in [0.15, 0.2) is 0 Å². The number of amides is 1. The van der Waals surface area contributed by atoms with Crippen LogP contribution in [0.3, 0.4) is 0 Å². The minimum absolute atomic E-state index is 0.267. The number of nitrogens with zero attached hydrogens (tertiary/aromatic N) is 1. The van der Waals surface area contributed by atoms with Crippen LogP contribution >= 0.6 is 0 Å². The van der Waals surface area contributed by atoms with Gasteiger partial charge in [0.1, 0.15) is 6.54 Å². The zero-order valence-electron chi connectivity index (χ0n) is 15.3. The van der Waals surface area contributed by atoms with Crippen molar-refractivity contribution in [3.63, 3.8) is 0 Å². The normalized spacial score (nSPS) is 11.2. The number of rotatable bonds is 5. The molecule has 0 aliphatic rings. The van der Waals surface area contributed by atoms with Gasteiger partial charge in [-0.15, -0.1) is 0 Å². The summed E-state index contributed by atoms with van der Waals surface area (Å²) in [5.74, 6) is -0.375. The van der Waals surface area contributed by atoms with Crippen molar-refractivity contribution in [1.82, 2.24) is 0 Å². The van der Waals surface area contributed by atoms with Crippen molar-refractivity contribution in [3.8, 4) is 0 Å². The predicted molar refractivity (Wildman–Crippen MR) is 103 cm³/mol. The van der Waals surface area contributed by atoms with E-state index in [0.717, 1.165) is 32.8 Å². The smallest absolute Gasteiger partial charge is 0.245 e. The zero-order chi connectivity index (χ0) is 18.8. The highest BCUT2D eigenvalue weighted by atomic mass is 32.2. The summed E-state index contributed by atoms with van der Waals surface area (Å²) < 4.78 is 25.6. The molecule has 0 aromatic heterocycles. The molecule has 0 unspecified atom stereocenters. The number of anilines is 2. The Morgan fingerprint density at radius 2 is 1.72 bits per heavy atom. The van der Waals surface area contributed by atoms with E-state index in [9.17, 15) is 13.2 Å². The summed E-state index contributed by atoms with van der Waals surface area (Å²) in [5.41, 5.74) is 4.98. The lowest BCUT2D eigenvalue weighted by Gasteiger charge is -2.24. The van der Waals surface area contributed by atoms with E-state index < -0.39 is 10.0 Å². The molecule has 0 spiro atoms. The zero-order valence-corrected chi connectivity index (χ0v) is 16.1. The number of aryl methyl sites for hydroxylation is 3. The fourth-order valence-corrected chi connectivity index (χ4v) is 3.48. The van der Waals surface area contributed by atoms with Crippen LogP contribution < -0.4 is 9.62 Å². The minimum atomic E-state index is -3.59.